The second-order valence-corrected chi connectivity index (χ2v) is 8.66. The summed E-state index contributed by atoms with van der Waals surface area (Å²) in [6, 6.07) is 3.90. The van der Waals surface area contributed by atoms with E-state index in [1.807, 2.05) is 56.4 Å². The first kappa shape index (κ1) is 19.8. The molecule has 152 valence electrons. The van der Waals surface area contributed by atoms with Crippen molar-refractivity contribution >= 4 is 17.2 Å². The molecule has 0 bridgehead atoms. The molecule has 0 saturated carbocycles. The van der Waals surface area contributed by atoms with E-state index in [0.717, 1.165) is 48.6 Å². The van der Waals surface area contributed by atoms with Crippen LogP contribution in [0.1, 0.15) is 56.3 Å². The molecule has 29 heavy (non-hydrogen) atoms. The van der Waals surface area contributed by atoms with Gasteiger partial charge in [0.05, 0.1) is 17.3 Å². The summed E-state index contributed by atoms with van der Waals surface area (Å²) in [5, 5.41) is 6.09. The van der Waals surface area contributed by atoms with Gasteiger partial charge in [0.25, 0.3) is 5.91 Å². The molecule has 0 spiro atoms. The van der Waals surface area contributed by atoms with Gasteiger partial charge in [-0.25, -0.2) is 0 Å². The largest absolute Gasteiger partial charge is 0.361 e. The highest BCUT2D eigenvalue weighted by Crippen LogP contribution is 2.32. The van der Waals surface area contributed by atoms with Crippen LogP contribution in [0.5, 0.6) is 0 Å². The molecule has 0 N–H and O–H groups in total. The Labute approximate surface area is 175 Å². The number of amides is 1. The molecule has 0 saturated heterocycles. The Kier molecular flexibility index (Phi) is 5.52. The zero-order valence-electron chi connectivity index (χ0n) is 17.3. The average Bonchev–Trinajstić information content (AvgIpc) is 3.30. The molecule has 1 aliphatic heterocycles. The van der Waals surface area contributed by atoms with Crippen LogP contribution in [0.4, 0.5) is 0 Å². The summed E-state index contributed by atoms with van der Waals surface area (Å²) in [5.41, 5.74) is 5.23. The number of carbonyl (C=O) groups is 1. The van der Waals surface area contributed by atoms with E-state index < -0.39 is 0 Å². The Hall–Kier alpha value is -2.51. The standard InChI is InChI=1S/C22H26N4O2S/c1-14-19(16(3)28-24-14)11-26-9-7-18-20(13-29-21(18)12-26)22(27)25(4)15(2)17-6-5-8-23-10-17/h5-6,8,10,13,15H,7,9,11-12H2,1-4H3/t15-/m0/s1. The van der Waals surface area contributed by atoms with E-state index in [0.29, 0.717) is 0 Å². The van der Waals surface area contributed by atoms with Gasteiger partial charge < -0.3 is 9.42 Å². The minimum Gasteiger partial charge on any atom is -0.361 e. The molecule has 3 aromatic rings. The minimum atomic E-state index is -0.0219. The van der Waals surface area contributed by atoms with Crippen LogP contribution in [0.25, 0.3) is 0 Å². The fourth-order valence-electron chi connectivity index (χ4n) is 3.86. The van der Waals surface area contributed by atoms with E-state index in [-0.39, 0.29) is 11.9 Å². The predicted molar refractivity (Wildman–Crippen MR) is 113 cm³/mol. The van der Waals surface area contributed by atoms with Crippen LogP contribution in [-0.4, -0.2) is 39.4 Å². The van der Waals surface area contributed by atoms with E-state index >= 15 is 0 Å². The number of hydrogen-bond acceptors (Lipinski definition) is 6. The normalized spacial score (nSPS) is 15.2. The first-order valence-electron chi connectivity index (χ1n) is 9.86. The molecule has 3 aromatic heterocycles. The summed E-state index contributed by atoms with van der Waals surface area (Å²) < 4.78 is 5.30. The first-order chi connectivity index (χ1) is 14.0. The molecule has 1 atom stereocenters. The third-order valence-corrected chi connectivity index (χ3v) is 6.90. The topological polar surface area (TPSA) is 62.5 Å². The lowest BCUT2D eigenvalue weighted by Gasteiger charge is -2.28. The average molecular weight is 411 g/mol. The zero-order chi connectivity index (χ0) is 20.5. The number of rotatable bonds is 5. The predicted octanol–water partition coefficient (Wildman–Crippen LogP) is 4.14. The maximum absolute atomic E-state index is 13.2. The fraction of sp³-hybridized carbons (Fsp3) is 0.409. The molecule has 1 amide bonds. The highest BCUT2D eigenvalue weighted by Gasteiger charge is 2.28. The number of hydrogen-bond donors (Lipinski definition) is 0. The van der Waals surface area contributed by atoms with Crippen molar-refractivity contribution in [3.63, 3.8) is 0 Å². The molecule has 0 fully saturated rings. The molecule has 0 aromatic carbocycles. The van der Waals surface area contributed by atoms with E-state index in [1.165, 1.54) is 16.0 Å². The van der Waals surface area contributed by atoms with Crippen molar-refractivity contribution in [1.29, 1.82) is 0 Å². The van der Waals surface area contributed by atoms with Gasteiger partial charge in [0, 0.05) is 54.9 Å². The van der Waals surface area contributed by atoms with Crippen molar-refractivity contribution in [2.75, 3.05) is 13.6 Å². The molecule has 0 unspecified atom stereocenters. The van der Waals surface area contributed by atoms with Crippen LogP contribution in [0.2, 0.25) is 0 Å². The van der Waals surface area contributed by atoms with Gasteiger partial charge in [-0.05, 0) is 44.4 Å². The number of aromatic nitrogens is 2. The summed E-state index contributed by atoms with van der Waals surface area (Å²) in [4.78, 5) is 22.9. The highest BCUT2D eigenvalue weighted by molar-refractivity contribution is 7.10. The van der Waals surface area contributed by atoms with Crippen molar-refractivity contribution in [1.82, 2.24) is 19.9 Å². The number of fused-ring (bicyclic) bond motifs is 1. The third-order valence-electron chi connectivity index (χ3n) is 5.89. The molecule has 0 aliphatic carbocycles. The van der Waals surface area contributed by atoms with Crippen molar-refractivity contribution in [2.24, 2.45) is 0 Å². The lowest BCUT2D eigenvalue weighted by atomic mass is 10.0. The Morgan fingerprint density at radius 1 is 1.41 bits per heavy atom. The van der Waals surface area contributed by atoms with Crippen LogP contribution in [-0.2, 0) is 19.5 Å². The van der Waals surface area contributed by atoms with E-state index in [4.69, 9.17) is 4.52 Å². The summed E-state index contributed by atoms with van der Waals surface area (Å²) in [6.45, 7) is 8.61. The highest BCUT2D eigenvalue weighted by atomic mass is 32.1. The van der Waals surface area contributed by atoms with Gasteiger partial charge in [0.2, 0.25) is 0 Å². The van der Waals surface area contributed by atoms with Gasteiger partial charge in [-0.1, -0.05) is 11.2 Å². The number of pyridine rings is 1. The van der Waals surface area contributed by atoms with Crippen molar-refractivity contribution in [3.8, 4) is 0 Å². The van der Waals surface area contributed by atoms with Crippen molar-refractivity contribution in [3.05, 3.63) is 68.5 Å². The second kappa shape index (κ2) is 8.08. The number of aryl methyl sites for hydroxylation is 2. The third kappa shape index (κ3) is 3.84. The maximum Gasteiger partial charge on any atom is 0.255 e. The lowest BCUT2D eigenvalue weighted by molar-refractivity contribution is 0.0741. The molecule has 4 rings (SSSR count). The van der Waals surface area contributed by atoms with Gasteiger partial charge in [0.15, 0.2) is 0 Å². The van der Waals surface area contributed by atoms with Gasteiger partial charge in [0.1, 0.15) is 5.76 Å². The smallest absolute Gasteiger partial charge is 0.255 e. The van der Waals surface area contributed by atoms with Gasteiger partial charge in [-0.3, -0.25) is 14.7 Å². The van der Waals surface area contributed by atoms with Crippen LogP contribution in [0.15, 0.2) is 34.4 Å². The Balaban J connectivity index is 1.48. The molecule has 1 aliphatic rings. The minimum absolute atomic E-state index is 0.0219. The first-order valence-corrected chi connectivity index (χ1v) is 10.7. The monoisotopic (exact) mass is 410 g/mol. The molecule has 4 heterocycles. The zero-order valence-corrected chi connectivity index (χ0v) is 18.1. The lowest BCUT2D eigenvalue weighted by Crippen LogP contribution is -2.33. The van der Waals surface area contributed by atoms with E-state index in [1.54, 1.807) is 17.5 Å². The van der Waals surface area contributed by atoms with Crippen LogP contribution in [0.3, 0.4) is 0 Å². The maximum atomic E-state index is 13.2. The van der Waals surface area contributed by atoms with Gasteiger partial charge in [-0.2, -0.15) is 0 Å². The van der Waals surface area contributed by atoms with E-state index in [2.05, 4.69) is 15.0 Å². The van der Waals surface area contributed by atoms with Crippen LogP contribution in [0, 0.1) is 13.8 Å². The number of thiophene rings is 1. The summed E-state index contributed by atoms with van der Waals surface area (Å²) >= 11 is 1.69. The molecule has 0 radical (unpaired) electrons. The quantitative estimate of drug-likeness (QED) is 0.633. The Morgan fingerprint density at radius 2 is 2.24 bits per heavy atom. The second-order valence-electron chi connectivity index (χ2n) is 7.69. The number of nitrogens with zero attached hydrogens (tertiary/aromatic N) is 4. The molecular weight excluding hydrogens is 384 g/mol. The molecule has 6 nitrogen and oxygen atoms in total. The van der Waals surface area contributed by atoms with Crippen LogP contribution < -0.4 is 0 Å². The van der Waals surface area contributed by atoms with Crippen molar-refractivity contribution < 1.29 is 9.32 Å². The Morgan fingerprint density at radius 3 is 2.93 bits per heavy atom. The van der Waals surface area contributed by atoms with Gasteiger partial charge >= 0.3 is 0 Å². The van der Waals surface area contributed by atoms with Gasteiger partial charge in [-0.15, -0.1) is 11.3 Å². The SMILES string of the molecule is Cc1noc(C)c1CN1CCc2c(C(=O)N(C)[C@@H](C)c3cccnc3)csc2C1. The van der Waals surface area contributed by atoms with Crippen molar-refractivity contribution in [2.45, 2.75) is 46.3 Å². The molecule has 7 heteroatoms. The molecular formula is C22H26N4O2S. The Bertz CT molecular complexity index is 992. The van der Waals surface area contributed by atoms with Crippen LogP contribution >= 0.6 is 11.3 Å². The summed E-state index contributed by atoms with van der Waals surface area (Å²) in [7, 11) is 1.87. The summed E-state index contributed by atoms with van der Waals surface area (Å²) in [5.74, 6) is 0.972. The van der Waals surface area contributed by atoms with E-state index in [9.17, 15) is 4.79 Å². The summed E-state index contributed by atoms with van der Waals surface area (Å²) in [6.07, 6.45) is 4.46. The number of carbonyl (C=O) groups excluding carboxylic acids is 1. The fourth-order valence-corrected chi connectivity index (χ4v) is 4.97.